The third-order valence-electron chi connectivity index (χ3n) is 3.51. The van der Waals surface area contributed by atoms with Gasteiger partial charge in [-0.25, -0.2) is 4.79 Å². The predicted molar refractivity (Wildman–Crippen MR) is 68.6 cm³/mol. The van der Waals surface area contributed by atoms with Crippen LogP contribution in [0.1, 0.15) is 43.2 Å². The minimum atomic E-state index is -0.614. The lowest BCUT2D eigenvalue weighted by molar-refractivity contribution is -0.125. The maximum absolute atomic E-state index is 11.7. The summed E-state index contributed by atoms with van der Waals surface area (Å²) < 4.78 is 9.77. The smallest absolute Gasteiger partial charge is 0.374 e. The van der Waals surface area contributed by atoms with E-state index in [9.17, 15) is 9.59 Å². The lowest BCUT2D eigenvalue weighted by Crippen LogP contribution is -2.42. The van der Waals surface area contributed by atoms with E-state index in [0.717, 1.165) is 19.3 Å². The molecule has 1 fully saturated rings. The van der Waals surface area contributed by atoms with Gasteiger partial charge in [-0.2, -0.15) is 0 Å². The van der Waals surface area contributed by atoms with E-state index in [1.54, 1.807) is 6.07 Å². The minimum Gasteiger partial charge on any atom is -0.457 e. The van der Waals surface area contributed by atoms with Gasteiger partial charge >= 0.3 is 5.97 Å². The molecule has 1 heterocycles. The Labute approximate surface area is 112 Å². The number of furan rings is 1. The number of carbonyl (C=O) groups is 2. The highest BCUT2D eigenvalue weighted by Gasteiger charge is 2.23. The van der Waals surface area contributed by atoms with E-state index in [0.29, 0.717) is 5.92 Å². The fourth-order valence-corrected chi connectivity index (χ4v) is 2.38. The zero-order valence-electron chi connectivity index (χ0n) is 11.1. The van der Waals surface area contributed by atoms with E-state index in [4.69, 9.17) is 9.15 Å². The molecule has 1 amide bonds. The van der Waals surface area contributed by atoms with Crippen molar-refractivity contribution in [3.05, 3.63) is 24.2 Å². The van der Waals surface area contributed by atoms with Gasteiger partial charge in [0, 0.05) is 6.04 Å². The zero-order valence-corrected chi connectivity index (χ0v) is 11.1. The van der Waals surface area contributed by atoms with Crippen LogP contribution in [0.15, 0.2) is 22.8 Å². The molecule has 5 heteroatoms. The Balaban J connectivity index is 1.74. The van der Waals surface area contributed by atoms with Crippen molar-refractivity contribution in [1.29, 1.82) is 0 Å². The molecule has 1 aliphatic carbocycles. The summed E-state index contributed by atoms with van der Waals surface area (Å²) in [7, 11) is 0. The minimum absolute atomic E-state index is 0.110. The van der Waals surface area contributed by atoms with Crippen molar-refractivity contribution in [2.24, 2.45) is 5.92 Å². The van der Waals surface area contributed by atoms with Gasteiger partial charge in [0.05, 0.1) is 6.26 Å². The first-order valence-corrected chi connectivity index (χ1v) is 6.67. The molecule has 0 aromatic carbocycles. The quantitative estimate of drug-likeness (QED) is 0.847. The molecule has 2 atom stereocenters. The largest absolute Gasteiger partial charge is 0.457 e. The molecule has 0 saturated heterocycles. The summed E-state index contributed by atoms with van der Waals surface area (Å²) in [4.78, 5) is 23.2. The number of hydrogen-bond donors (Lipinski definition) is 1. The Morgan fingerprint density at radius 2 is 2.21 bits per heavy atom. The average molecular weight is 265 g/mol. The molecule has 1 saturated carbocycles. The third kappa shape index (κ3) is 3.84. The molecule has 0 spiro atoms. The first kappa shape index (κ1) is 13.6. The van der Waals surface area contributed by atoms with Gasteiger partial charge in [-0.3, -0.25) is 4.79 Å². The van der Waals surface area contributed by atoms with Crippen LogP contribution in [0.3, 0.4) is 0 Å². The van der Waals surface area contributed by atoms with Gasteiger partial charge in [0.2, 0.25) is 5.76 Å². The van der Waals surface area contributed by atoms with Gasteiger partial charge in [-0.15, -0.1) is 0 Å². The molecule has 0 unspecified atom stereocenters. The predicted octanol–water partition coefficient (Wildman–Crippen LogP) is 2.13. The second-order valence-electron chi connectivity index (χ2n) is 4.99. The highest BCUT2D eigenvalue weighted by molar-refractivity contribution is 5.88. The van der Waals surface area contributed by atoms with Crippen LogP contribution < -0.4 is 5.32 Å². The van der Waals surface area contributed by atoms with Gasteiger partial charge in [0.15, 0.2) is 6.61 Å². The number of amides is 1. The van der Waals surface area contributed by atoms with Crippen LogP contribution in [0.4, 0.5) is 0 Å². The fraction of sp³-hybridized carbons (Fsp3) is 0.571. The van der Waals surface area contributed by atoms with E-state index < -0.39 is 5.97 Å². The van der Waals surface area contributed by atoms with Gasteiger partial charge in [-0.1, -0.05) is 19.8 Å². The van der Waals surface area contributed by atoms with Crippen LogP contribution in [0.5, 0.6) is 0 Å². The second kappa shape index (κ2) is 6.41. The number of ether oxygens (including phenoxy) is 1. The van der Waals surface area contributed by atoms with Gasteiger partial charge in [0.25, 0.3) is 5.91 Å². The SMILES string of the molecule is C[C@H]1CCCC[C@@H]1NC(=O)COC(=O)c1ccco1. The molecule has 19 heavy (non-hydrogen) atoms. The third-order valence-corrected chi connectivity index (χ3v) is 3.51. The van der Waals surface area contributed by atoms with E-state index in [1.165, 1.54) is 18.8 Å². The Hall–Kier alpha value is -1.78. The summed E-state index contributed by atoms with van der Waals surface area (Å²) in [6.07, 6.45) is 5.89. The summed E-state index contributed by atoms with van der Waals surface area (Å²) in [6, 6.07) is 3.30. The van der Waals surface area contributed by atoms with Crippen molar-refractivity contribution < 1.29 is 18.7 Å². The van der Waals surface area contributed by atoms with E-state index in [2.05, 4.69) is 12.2 Å². The first-order valence-electron chi connectivity index (χ1n) is 6.67. The second-order valence-corrected chi connectivity index (χ2v) is 4.99. The monoisotopic (exact) mass is 265 g/mol. The molecular weight excluding hydrogens is 246 g/mol. The molecule has 1 aromatic rings. The molecule has 0 radical (unpaired) electrons. The standard InChI is InChI=1S/C14H19NO4/c1-10-5-2-3-6-11(10)15-13(16)9-19-14(17)12-7-4-8-18-12/h4,7-8,10-11H,2-3,5-6,9H2,1H3,(H,15,16)/t10-,11-/m0/s1. The van der Waals surface area contributed by atoms with Crippen molar-refractivity contribution in [1.82, 2.24) is 5.32 Å². The average Bonchev–Trinajstić information content (AvgIpc) is 2.93. The maximum atomic E-state index is 11.7. The van der Waals surface area contributed by atoms with Crippen molar-refractivity contribution >= 4 is 11.9 Å². The van der Waals surface area contributed by atoms with Crippen LogP contribution in [-0.4, -0.2) is 24.5 Å². The van der Waals surface area contributed by atoms with E-state index in [1.807, 2.05) is 0 Å². The zero-order chi connectivity index (χ0) is 13.7. The molecule has 2 rings (SSSR count). The van der Waals surface area contributed by atoms with Crippen molar-refractivity contribution in [3.8, 4) is 0 Å². The molecule has 1 aliphatic rings. The number of hydrogen-bond acceptors (Lipinski definition) is 4. The molecule has 5 nitrogen and oxygen atoms in total. The van der Waals surface area contributed by atoms with E-state index in [-0.39, 0.29) is 24.3 Å². The molecule has 0 bridgehead atoms. The Morgan fingerprint density at radius 3 is 2.89 bits per heavy atom. The summed E-state index contributed by atoms with van der Waals surface area (Å²) in [5.74, 6) is -0.271. The van der Waals surface area contributed by atoms with E-state index >= 15 is 0 Å². The van der Waals surface area contributed by atoms with Crippen LogP contribution in [0.25, 0.3) is 0 Å². The molecule has 104 valence electrons. The van der Waals surface area contributed by atoms with Crippen LogP contribution in [0.2, 0.25) is 0 Å². The lowest BCUT2D eigenvalue weighted by atomic mass is 9.86. The highest BCUT2D eigenvalue weighted by Crippen LogP contribution is 2.23. The van der Waals surface area contributed by atoms with Gasteiger partial charge < -0.3 is 14.5 Å². The number of rotatable bonds is 4. The molecule has 1 aromatic heterocycles. The number of esters is 1. The number of nitrogens with one attached hydrogen (secondary N) is 1. The topological polar surface area (TPSA) is 68.5 Å². The fourth-order valence-electron chi connectivity index (χ4n) is 2.38. The van der Waals surface area contributed by atoms with Crippen LogP contribution in [-0.2, 0) is 9.53 Å². The normalized spacial score (nSPS) is 22.8. The van der Waals surface area contributed by atoms with Crippen molar-refractivity contribution in [2.45, 2.75) is 38.6 Å². The van der Waals surface area contributed by atoms with Crippen molar-refractivity contribution in [3.63, 3.8) is 0 Å². The Morgan fingerprint density at radius 1 is 1.42 bits per heavy atom. The Kier molecular flexibility index (Phi) is 4.60. The molecular formula is C14H19NO4. The highest BCUT2D eigenvalue weighted by atomic mass is 16.5. The number of carbonyl (C=O) groups excluding carboxylic acids is 2. The summed E-state index contributed by atoms with van der Waals surface area (Å²) in [5.41, 5.74) is 0. The lowest BCUT2D eigenvalue weighted by Gasteiger charge is -2.29. The first-order chi connectivity index (χ1) is 9.16. The molecule has 1 N–H and O–H groups in total. The Bertz CT molecular complexity index is 427. The summed E-state index contributed by atoms with van der Waals surface area (Å²) in [6.45, 7) is 1.88. The molecule has 0 aliphatic heterocycles. The van der Waals surface area contributed by atoms with Crippen molar-refractivity contribution in [2.75, 3.05) is 6.61 Å². The summed E-state index contributed by atoms with van der Waals surface area (Å²) >= 11 is 0. The maximum Gasteiger partial charge on any atom is 0.374 e. The van der Waals surface area contributed by atoms with Crippen LogP contribution in [0, 0.1) is 5.92 Å². The van der Waals surface area contributed by atoms with Crippen LogP contribution >= 0.6 is 0 Å². The van der Waals surface area contributed by atoms with Gasteiger partial charge in [-0.05, 0) is 30.9 Å². The summed E-state index contributed by atoms with van der Waals surface area (Å²) in [5, 5.41) is 2.92. The van der Waals surface area contributed by atoms with Gasteiger partial charge in [0.1, 0.15) is 0 Å².